The molecule has 0 bridgehead atoms. The van der Waals surface area contributed by atoms with E-state index in [0.717, 1.165) is 30.6 Å². The lowest BCUT2D eigenvalue weighted by molar-refractivity contribution is 0.409. The zero-order valence-electron chi connectivity index (χ0n) is 13.6. The van der Waals surface area contributed by atoms with Gasteiger partial charge in [-0.1, -0.05) is 25.7 Å². The third kappa shape index (κ3) is 3.78. The average Bonchev–Trinajstić information content (AvgIpc) is 2.79. The van der Waals surface area contributed by atoms with E-state index in [9.17, 15) is 0 Å². The SMILES string of the molecule is CN=C(NCc1nnc2n1CCCCC2)NC1CCCCC1. The van der Waals surface area contributed by atoms with Gasteiger partial charge in [0.05, 0.1) is 6.54 Å². The number of nitrogens with zero attached hydrogens (tertiary/aromatic N) is 4. The number of aromatic nitrogens is 3. The summed E-state index contributed by atoms with van der Waals surface area (Å²) in [7, 11) is 1.84. The maximum atomic E-state index is 4.36. The van der Waals surface area contributed by atoms with Crippen LogP contribution in [0.15, 0.2) is 4.99 Å². The van der Waals surface area contributed by atoms with Crippen molar-refractivity contribution < 1.29 is 0 Å². The Hall–Kier alpha value is -1.59. The van der Waals surface area contributed by atoms with E-state index in [2.05, 4.69) is 30.4 Å². The number of guanidine groups is 1. The van der Waals surface area contributed by atoms with Crippen LogP contribution in [0.25, 0.3) is 0 Å². The van der Waals surface area contributed by atoms with Crippen molar-refractivity contribution in [2.75, 3.05) is 7.05 Å². The normalized spacial score (nSPS) is 20.3. The molecule has 0 saturated heterocycles. The molecule has 0 atom stereocenters. The van der Waals surface area contributed by atoms with Gasteiger partial charge < -0.3 is 15.2 Å². The van der Waals surface area contributed by atoms with Crippen LogP contribution in [-0.2, 0) is 19.5 Å². The summed E-state index contributed by atoms with van der Waals surface area (Å²) in [6, 6.07) is 0.565. The highest BCUT2D eigenvalue weighted by molar-refractivity contribution is 5.79. The molecular weight excluding hydrogens is 276 g/mol. The molecule has 0 radical (unpaired) electrons. The summed E-state index contributed by atoms with van der Waals surface area (Å²) in [5.41, 5.74) is 0. The number of aryl methyl sites for hydroxylation is 1. The van der Waals surface area contributed by atoms with Gasteiger partial charge in [0.15, 0.2) is 11.8 Å². The summed E-state index contributed by atoms with van der Waals surface area (Å²) in [6.45, 7) is 1.74. The summed E-state index contributed by atoms with van der Waals surface area (Å²) in [5.74, 6) is 3.06. The average molecular weight is 304 g/mol. The number of rotatable bonds is 3. The molecule has 0 aromatic carbocycles. The van der Waals surface area contributed by atoms with Crippen LogP contribution < -0.4 is 10.6 Å². The van der Waals surface area contributed by atoms with Crippen molar-refractivity contribution in [1.29, 1.82) is 0 Å². The van der Waals surface area contributed by atoms with Crippen molar-refractivity contribution in [3.63, 3.8) is 0 Å². The maximum Gasteiger partial charge on any atom is 0.191 e. The maximum absolute atomic E-state index is 4.36. The lowest BCUT2D eigenvalue weighted by Crippen LogP contribution is -2.44. The fraction of sp³-hybridized carbons (Fsp3) is 0.812. The van der Waals surface area contributed by atoms with Gasteiger partial charge in [0, 0.05) is 26.1 Å². The first kappa shape index (κ1) is 15.3. The van der Waals surface area contributed by atoms with E-state index in [1.165, 1.54) is 51.4 Å². The summed E-state index contributed by atoms with van der Waals surface area (Å²) < 4.78 is 2.29. The van der Waals surface area contributed by atoms with Crippen LogP contribution >= 0.6 is 0 Å². The van der Waals surface area contributed by atoms with E-state index in [-0.39, 0.29) is 0 Å². The zero-order valence-corrected chi connectivity index (χ0v) is 13.6. The lowest BCUT2D eigenvalue weighted by Gasteiger charge is -2.24. The molecule has 0 unspecified atom stereocenters. The van der Waals surface area contributed by atoms with Gasteiger partial charge in [-0.15, -0.1) is 10.2 Å². The van der Waals surface area contributed by atoms with Crippen LogP contribution in [0.3, 0.4) is 0 Å². The molecule has 0 spiro atoms. The molecule has 6 heteroatoms. The second kappa shape index (κ2) is 7.61. The van der Waals surface area contributed by atoms with Crippen molar-refractivity contribution >= 4 is 5.96 Å². The summed E-state index contributed by atoms with van der Waals surface area (Å²) in [5, 5.41) is 15.7. The molecule has 1 saturated carbocycles. The van der Waals surface area contributed by atoms with Crippen molar-refractivity contribution in [2.24, 2.45) is 4.99 Å². The largest absolute Gasteiger partial charge is 0.354 e. The Morgan fingerprint density at radius 3 is 2.77 bits per heavy atom. The van der Waals surface area contributed by atoms with Gasteiger partial charge >= 0.3 is 0 Å². The van der Waals surface area contributed by atoms with E-state index >= 15 is 0 Å². The second-order valence-electron chi connectivity index (χ2n) is 6.40. The zero-order chi connectivity index (χ0) is 15.2. The van der Waals surface area contributed by atoms with Gasteiger partial charge in [-0.25, -0.2) is 0 Å². The second-order valence-corrected chi connectivity index (χ2v) is 6.40. The third-order valence-electron chi connectivity index (χ3n) is 4.77. The molecule has 1 aliphatic heterocycles. The minimum Gasteiger partial charge on any atom is -0.354 e. The molecule has 2 heterocycles. The van der Waals surface area contributed by atoms with Gasteiger partial charge in [0.25, 0.3) is 0 Å². The van der Waals surface area contributed by atoms with Crippen LogP contribution in [-0.4, -0.2) is 33.8 Å². The Labute approximate surface area is 132 Å². The molecule has 3 rings (SSSR count). The number of aliphatic imine (C=N–C) groups is 1. The first-order valence-electron chi connectivity index (χ1n) is 8.75. The molecular formula is C16H28N6. The topological polar surface area (TPSA) is 67.1 Å². The molecule has 22 heavy (non-hydrogen) atoms. The molecule has 122 valence electrons. The number of hydrogen-bond donors (Lipinski definition) is 2. The minimum absolute atomic E-state index is 0.565. The third-order valence-corrected chi connectivity index (χ3v) is 4.77. The highest BCUT2D eigenvalue weighted by Crippen LogP contribution is 2.17. The van der Waals surface area contributed by atoms with E-state index in [0.29, 0.717) is 12.6 Å². The Morgan fingerprint density at radius 1 is 1.14 bits per heavy atom. The predicted molar refractivity (Wildman–Crippen MR) is 87.8 cm³/mol. The van der Waals surface area contributed by atoms with E-state index in [4.69, 9.17) is 0 Å². The minimum atomic E-state index is 0.565. The first-order valence-corrected chi connectivity index (χ1v) is 8.75. The van der Waals surface area contributed by atoms with Crippen LogP contribution in [0.5, 0.6) is 0 Å². The van der Waals surface area contributed by atoms with Gasteiger partial charge in [-0.2, -0.15) is 0 Å². The number of nitrogens with one attached hydrogen (secondary N) is 2. The lowest BCUT2D eigenvalue weighted by atomic mass is 9.96. The monoisotopic (exact) mass is 304 g/mol. The number of hydrogen-bond acceptors (Lipinski definition) is 3. The van der Waals surface area contributed by atoms with Crippen LogP contribution in [0.1, 0.15) is 63.0 Å². The quantitative estimate of drug-likeness (QED) is 0.662. The Bertz CT molecular complexity index is 501. The van der Waals surface area contributed by atoms with Gasteiger partial charge in [0.2, 0.25) is 0 Å². The molecule has 0 amide bonds. The fourth-order valence-electron chi connectivity index (χ4n) is 3.47. The van der Waals surface area contributed by atoms with Crippen LogP contribution in [0.4, 0.5) is 0 Å². The molecule has 2 aliphatic rings. The highest BCUT2D eigenvalue weighted by Gasteiger charge is 2.17. The van der Waals surface area contributed by atoms with E-state index in [1.807, 2.05) is 7.05 Å². The summed E-state index contributed by atoms with van der Waals surface area (Å²) in [4.78, 5) is 4.35. The fourth-order valence-corrected chi connectivity index (χ4v) is 3.47. The molecule has 1 aromatic heterocycles. The summed E-state index contributed by atoms with van der Waals surface area (Å²) in [6.07, 6.45) is 11.3. The molecule has 1 fully saturated rings. The van der Waals surface area contributed by atoms with Crippen molar-refractivity contribution in [3.8, 4) is 0 Å². The van der Waals surface area contributed by atoms with Gasteiger partial charge in [-0.3, -0.25) is 4.99 Å². The van der Waals surface area contributed by atoms with Gasteiger partial charge in [-0.05, 0) is 25.7 Å². The predicted octanol–water partition coefficient (Wildman–Crippen LogP) is 2.00. The standard InChI is InChI=1S/C16H28N6/c1-17-16(19-13-8-4-2-5-9-13)18-12-15-21-20-14-10-6-3-7-11-22(14)15/h13H,2-12H2,1H3,(H2,17,18,19). The number of fused-ring (bicyclic) bond motifs is 1. The van der Waals surface area contributed by atoms with Crippen molar-refractivity contribution in [3.05, 3.63) is 11.6 Å². The molecule has 6 nitrogen and oxygen atoms in total. The smallest absolute Gasteiger partial charge is 0.191 e. The van der Waals surface area contributed by atoms with E-state index in [1.54, 1.807) is 0 Å². The van der Waals surface area contributed by atoms with Crippen LogP contribution in [0, 0.1) is 0 Å². The molecule has 1 aliphatic carbocycles. The molecule has 2 N–H and O–H groups in total. The molecule has 1 aromatic rings. The first-order chi connectivity index (χ1) is 10.9. The Balaban J connectivity index is 1.55. The van der Waals surface area contributed by atoms with E-state index < -0.39 is 0 Å². The highest BCUT2D eigenvalue weighted by atomic mass is 15.3. The van der Waals surface area contributed by atoms with Crippen molar-refractivity contribution in [1.82, 2.24) is 25.4 Å². The Kier molecular flexibility index (Phi) is 5.29. The van der Waals surface area contributed by atoms with Crippen molar-refractivity contribution in [2.45, 2.75) is 76.9 Å². The summed E-state index contributed by atoms with van der Waals surface area (Å²) >= 11 is 0. The van der Waals surface area contributed by atoms with Gasteiger partial charge in [0.1, 0.15) is 5.82 Å². The van der Waals surface area contributed by atoms with Crippen LogP contribution in [0.2, 0.25) is 0 Å². The Morgan fingerprint density at radius 2 is 1.95 bits per heavy atom.